The van der Waals surface area contributed by atoms with Crippen molar-refractivity contribution in [2.45, 2.75) is 18.7 Å². The molecule has 0 saturated carbocycles. The van der Waals surface area contributed by atoms with E-state index < -0.39 is 10.0 Å². The molecule has 15 heavy (non-hydrogen) atoms. The van der Waals surface area contributed by atoms with Gasteiger partial charge in [0.05, 0.1) is 11.9 Å². The first-order chi connectivity index (χ1) is 7.08. The quantitative estimate of drug-likeness (QED) is 0.583. The third kappa shape index (κ3) is 3.29. The molecular weight excluding hydrogens is 216 g/mol. The van der Waals surface area contributed by atoms with E-state index in [1.165, 1.54) is 6.20 Å². The van der Waals surface area contributed by atoms with Gasteiger partial charge in [-0.1, -0.05) is 6.92 Å². The first-order valence-corrected chi connectivity index (χ1v) is 6.26. The van der Waals surface area contributed by atoms with Crippen molar-refractivity contribution in [3.05, 3.63) is 11.9 Å². The van der Waals surface area contributed by atoms with Gasteiger partial charge in [0.15, 0.2) is 0 Å². The van der Waals surface area contributed by atoms with E-state index in [-0.39, 0.29) is 4.90 Å². The number of nitrogens with zero attached hydrogens (tertiary/aromatic N) is 1. The lowest BCUT2D eigenvalue weighted by Crippen LogP contribution is -2.31. The predicted octanol–water partition coefficient (Wildman–Crippen LogP) is -0.394. The van der Waals surface area contributed by atoms with Gasteiger partial charge in [-0.05, 0) is 13.5 Å². The maximum Gasteiger partial charge on any atom is 0.243 e. The van der Waals surface area contributed by atoms with Gasteiger partial charge in [-0.3, -0.25) is 5.10 Å². The summed E-state index contributed by atoms with van der Waals surface area (Å²) >= 11 is 0. The van der Waals surface area contributed by atoms with E-state index in [4.69, 9.17) is 0 Å². The predicted molar refractivity (Wildman–Crippen MR) is 57.1 cm³/mol. The van der Waals surface area contributed by atoms with E-state index >= 15 is 0 Å². The number of nitrogens with one attached hydrogen (secondary N) is 3. The summed E-state index contributed by atoms with van der Waals surface area (Å²) < 4.78 is 25.8. The number of likely N-dealkylation sites (N-methyl/N-ethyl adjacent to an activating group) is 1. The normalized spacial score (nSPS) is 11.9. The van der Waals surface area contributed by atoms with Crippen LogP contribution in [-0.2, 0) is 10.0 Å². The Bertz CT molecular complexity index is 399. The second-order valence-electron chi connectivity index (χ2n) is 3.11. The Labute approximate surface area is 89.5 Å². The third-order valence-corrected chi connectivity index (χ3v) is 3.49. The molecule has 0 unspecified atom stereocenters. The van der Waals surface area contributed by atoms with Crippen LogP contribution >= 0.6 is 0 Å². The standard InChI is InChI=1S/C8H16N4O2S/c1-3-9-4-5-11-15(13,14)8-6-10-12-7(8)2/h6,9,11H,3-5H2,1-2H3,(H,10,12). The molecule has 1 aromatic heterocycles. The molecule has 0 fully saturated rings. The van der Waals surface area contributed by atoms with Crippen LogP contribution in [0.5, 0.6) is 0 Å². The molecule has 1 aromatic rings. The fraction of sp³-hybridized carbons (Fsp3) is 0.625. The monoisotopic (exact) mass is 232 g/mol. The average Bonchev–Trinajstić information content (AvgIpc) is 2.60. The first-order valence-electron chi connectivity index (χ1n) is 4.78. The summed E-state index contributed by atoms with van der Waals surface area (Å²) in [6.07, 6.45) is 1.31. The van der Waals surface area contributed by atoms with Crippen LogP contribution in [-0.4, -0.2) is 38.2 Å². The Morgan fingerprint density at radius 1 is 1.47 bits per heavy atom. The van der Waals surface area contributed by atoms with E-state index in [2.05, 4.69) is 20.2 Å². The Balaban J connectivity index is 2.57. The van der Waals surface area contributed by atoms with Gasteiger partial charge in [0.2, 0.25) is 10.0 Å². The fourth-order valence-electron chi connectivity index (χ4n) is 1.14. The molecule has 0 amide bonds. The van der Waals surface area contributed by atoms with Crippen molar-refractivity contribution >= 4 is 10.0 Å². The van der Waals surface area contributed by atoms with Crippen molar-refractivity contribution in [3.8, 4) is 0 Å². The lowest BCUT2D eigenvalue weighted by Gasteiger charge is -2.05. The molecule has 1 heterocycles. The molecule has 0 aromatic carbocycles. The van der Waals surface area contributed by atoms with Gasteiger partial charge >= 0.3 is 0 Å². The lowest BCUT2D eigenvalue weighted by molar-refractivity contribution is 0.577. The van der Waals surface area contributed by atoms with Crippen LogP contribution in [0.3, 0.4) is 0 Å². The molecule has 3 N–H and O–H groups in total. The van der Waals surface area contributed by atoms with Crippen molar-refractivity contribution in [1.29, 1.82) is 0 Å². The Kier molecular flexibility index (Phi) is 4.25. The molecule has 6 nitrogen and oxygen atoms in total. The van der Waals surface area contributed by atoms with Gasteiger partial charge < -0.3 is 5.32 Å². The van der Waals surface area contributed by atoms with Crippen LogP contribution in [0.15, 0.2) is 11.1 Å². The second kappa shape index (κ2) is 5.24. The molecular formula is C8H16N4O2S. The van der Waals surface area contributed by atoms with E-state index in [0.29, 0.717) is 18.8 Å². The van der Waals surface area contributed by atoms with Crippen LogP contribution in [0.25, 0.3) is 0 Å². The van der Waals surface area contributed by atoms with Crippen LogP contribution < -0.4 is 10.0 Å². The highest BCUT2D eigenvalue weighted by Crippen LogP contribution is 2.09. The maximum absolute atomic E-state index is 11.7. The van der Waals surface area contributed by atoms with Crippen molar-refractivity contribution < 1.29 is 8.42 Å². The lowest BCUT2D eigenvalue weighted by atomic mass is 10.5. The summed E-state index contributed by atoms with van der Waals surface area (Å²) in [4.78, 5) is 0.207. The van der Waals surface area contributed by atoms with Gasteiger partial charge in [0.25, 0.3) is 0 Å². The minimum absolute atomic E-state index is 0.207. The molecule has 0 spiro atoms. The molecule has 0 aliphatic carbocycles. The maximum atomic E-state index is 11.7. The Hall–Kier alpha value is -0.920. The number of aryl methyl sites for hydroxylation is 1. The number of aromatic amines is 1. The fourth-order valence-corrected chi connectivity index (χ4v) is 2.31. The summed E-state index contributed by atoms with van der Waals surface area (Å²) in [6.45, 7) is 5.46. The van der Waals surface area contributed by atoms with E-state index in [1.807, 2.05) is 6.92 Å². The third-order valence-electron chi connectivity index (χ3n) is 1.92. The largest absolute Gasteiger partial charge is 0.316 e. The zero-order chi connectivity index (χ0) is 11.3. The van der Waals surface area contributed by atoms with Crippen molar-refractivity contribution in [1.82, 2.24) is 20.2 Å². The van der Waals surface area contributed by atoms with Crippen LogP contribution in [0.4, 0.5) is 0 Å². The van der Waals surface area contributed by atoms with Crippen LogP contribution in [0.2, 0.25) is 0 Å². The van der Waals surface area contributed by atoms with E-state index in [1.54, 1.807) is 6.92 Å². The number of H-pyrrole nitrogens is 1. The zero-order valence-corrected chi connectivity index (χ0v) is 9.69. The SMILES string of the molecule is CCNCCNS(=O)(=O)c1cn[nH]c1C. The van der Waals surface area contributed by atoms with Gasteiger partial charge in [-0.2, -0.15) is 5.10 Å². The topological polar surface area (TPSA) is 86.9 Å². The average molecular weight is 232 g/mol. The number of hydrogen-bond acceptors (Lipinski definition) is 4. The summed E-state index contributed by atoms with van der Waals surface area (Å²) in [5, 5.41) is 9.29. The molecule has 1 rings (SSSR count). The number of hydrogen-bond donors (Lipinski definition) is 3. The first kappa shape index (κ1) is 12.2. The summed E-state index contributed by atoms with van der Waals surface area (Å²) in [6, 6.07) is 0. The smallest absolute Gasteiger partial charge is 0.243 e. The number of aromatic nitrogens is 2. The molecule has 0 bridgehead atoms. The molecule has 0 aliphatic heterocycles. The van der Waals surface area contributed by atoms with E-state index in [0.717, 1.165) is 6.54 Å². The molecule has 0 radical (unpaired) electrons. The van der Waals surface area contributed by atoms with Crippen molar-refractivity contribution in [3.63, 3.8) is 0 Å². The van der Waals surface area contributed by atoms with Gasteiger partial charge in [-0.25, -0.2) is 13.1 Å². The number of rotatable bonds is 6. The molecule has 86 valence electrons. The Morgan fingerprint density at radius 2 is 2.20 bits per heavy atom. The van der Waals surface area contributed by atoms with Crippen LogP contribution in [0.1, 0.15) is 12.6 Å². The minimum atomic E-state index is -3.41. The molecule has 7 heteroatoms. The molecule has 0 saturated heterocycles. The second-order valence-corrected chi connectivity index (χ2v) is 4.85. The van der Waals surface area contributed by atoms with Crippen LogP contribution in [0, 0.1) is 6.92 Å². The minimum Gasteiger partial charge on any atom is -0.316 e. The summed E-state index contributed by atoms with van der Waals surface area (Å²) in [5.41, 5.74) is 0.547. The van der Waals surface area contributed by atoms with Crippen molar-refractivity contribution in [2.24, 2.45) is 0 Å². The molecule has 0 atom stereocenters. The van der Waals surface area contributed by atoms with Gasteiger partial charge in [0.1, 0.15) is 4.90 Å². The summed E-state index contributed by atoms with van der Waals surface area (Å²) in [7, 11) is -3.41. The number of sulfonamides is 1. The highest BCUT2D eigenvalue weighted by Gasteiger charge is 2.17. The highest BCUT2D eigenvalue weighted by atomic mass is 32.2. The highest BCUT2D eigenvalue weighted by molar-refractivity contribution is 7.89. The summed E-state index contributed by atoms with van der Waals surface area (Å²) in [5.74, 6) is 0. The van der Waals surface area contributed by atoms with Gasteiger partial charge in [0, 0.05) is 13.1 Å². The zero-order valence-electron chi connectivity index (χ0n) is 8.87. The molecule has 0 aliphatic rings. The van der Waals surface area contributed by atoms with Crippen molar-refractivity contribution in [2.75, 3.05) is 19.6 Å². The van der Waals surface area contributed by atoms with E-state index in [9.17, 15) is 8.42 Å². The Morgan fingerprint density at radius 3 is 2.73 bits per heavy atom. The van der Waals surface area contributed by atoms with Gasteiger partial charge in [-0.15, -0.1) is 0 Å².